The molecule has 0 aliphatic rings. The van der Waals surface area contributed by atoms with Gasteiger partial charge in [-0.05, 0) is 81.7 Å². The van der Waals surface area contributed by atoms with Crippen molar-refractivity contribution in [2.75, 3.05) is 4.90 Å². The maximum atomic E-state index is 2.42. The van der Waals surface area contributed by atoms with E-state index >= 15 is 0 Å². The highest BCUT2D eigenvalue weighted by atomic mass is 15.1. The van der Waals surface area contributed by atoms with Gasteiger partial charge in [0, 0.05) is 33.1 Å². The predicted molar refractivity (Wildman–Crippen MR) is 229 cm³/mol. The van der Waals surface area contributed by atoms with Gasteiger partial charge in [0.2, 0.25) is 0 Å². The smallest absolute Gasteiger partial charge is 0.0541 e. The summed E-state index contributed by atoms with van der Waals surface area (Å²) in [6.45, 7) is 0. The van der Waals surface area contributed by atoms with Crippen LogP contribution in [0.15, 0.2) is 218 Å². The Morgan fingerprint density at radius 2 is 0.778 bits per heavy atom. The molecule has 0 spiro atoms. The highest BCUT2D eigenvalue weighted by molar-refractivity contribution is 6.10. The maximum absolute atomic E-state index is 2.42. The molecule has 1 heterocycles. The highest BCUT2D eigenvalue weighted by Crippen LogP contribution is 2.42. The Morgan fingerprint density at radius 3 is 1.46 bits per heavy atom. The van der Waals surface area contributed by atoms with Crippen molar-refractivity contribution in [2.45, 2.75) is 0 Å². The Labute approximate surface area is 315 Å². The Hall–Kier alpha value is -7.16. The van der Waals surface area contributed by atoms with Crippen molar-refractivity contribution in [3.8, 4) is 39.1 Å². The second kappa shape index (κ2) is 13.4. The van der Waals surface area contributed by atoms with Crippen molar-refractivity contribution in [3.05, 3.63) is 218 Å². The van der Waals surface area contributed by atoms with E-state index < -0.39 is 0 Å². The fraction of sp³-hybridized carbons (Fsp3) is 0. The van der Waals surface area contributed by atoms with Gasteiger partial charge in [0.1, 0.15) is 0 Å². The van der Waals surface area contributed by atoms with Gasteiger partial charge < -0.3 is 9.47 Å². The minimum atomic E-state index is 1.10. The summed E-state index contributed by atoms with van der Waals surface area (Å²) in [5.41, 5.74) is 14.1. The van der Waals surface area contributed by atoms with Gasteiger partial charge in [-0.25, -0.2) is 0 Å². The second-order valence-corrected chi connectivity index (χ2v) is 13.7. The summed E-state index contributed by atoms with van der Waals surface area (Å²) in [5, 5.41) is 4.95. The van der Waals surface area contributed by atoms with E-state index in [4.69, 9.17) is 0 Å². The average molecular weight is 689 g/mol. The van der Waals surface area contributed by atoms with Crippen molar-refractivity contribution in [1.29, 1.82) is 0 Å². The molecule has 0 aliphatic carbocycles. The molecule has 9 aromatic carbocycles. The quantitative estimate of drug-likeness (QED) is 0.162. The molecule has 0 radical (unpaired) electrons. The van der Waals surface area contributed by atoms with Crippen LogP contribution in [0.1, 0.15) is 0 Å². The third kappa shape index (κ3) is 5.44. The molecular weight excluding hydrogens is 653 g/mol. The topological polar surface area (TPSA) is 8.17 Å². The van der Waals surface area contributed by atoms with Crippen molar-refractivity contribution in [1.82, 2.24) is 4.57 Å². The number of hydrogen-bond acceptors (Lipinski definition) is 1. The van der Waals surface area contributed by atoms with Gasteiger partial charge in [-0.15, -0.1) is 0 Å². The fourth-order valence-corrected chi connectivity index (χ4v) is 8.10. The molecule has 1 aromatic heterocycles. The number of benzene rings is 9. The standard InChI is InChI=1S/C52H36N2/c1-2-15-37(16-3-1)38-29-33-41(34-30-38)53(49-28-14-18-39-17-4-5-20-44(39)49)42-35-31-40(32-36-42)43-19-6-7-21-45(43)46-22-8-11-25-50(46)54-51-26-12-9-23-47(51)48-24-10-13-27-52(48)54/h1-36H. The lowest BCUT2D eigenvalue weighted by Gasteiger charge is -2.27. The zero-order valence-corrected chi connectivity index (χ0v) is 29.7. The summed E-state index contributed by atoms with van der Waals surface area (Å²) in [5.74, 6) is 0. The molecule has 2 heteroatoms. The molecule has 0 bridgehead atoms. The van der Waals surface area contributed by atoms with Crippen LogP contribution >= 0.6 is 0 Å². The molecule has 2 nitrogen and oxygen atoms in total. The third-order valence-corrected chi connectivity index (χ3v) is 10.6. The van der Waals surface area contributed by atoms with E-state index in [1.807, 2.05) is 0 Å². The molecule has 254 valence electrons. The van der Waals surface area contributed by atoms with Crippen LogP contribution in [-0.2, 0) is 0 Å². The lowest BCUT2D eigenvalue weighted by atomic mass is 9.93. The lowest BCUT2D eigenvalue weighted by Crippen LogP contribution is -2.10. The number of fused-ring (bicyclic) bond motifs is 4. The van der Waals surface area contributed by atoms with E-state index in [-0.39, 0.29) is 0 Å². The Balaban J connectivity index is 1.09. The SMILES string of the molecule is c1ccc(-c2ccc(N(c3ccc(-c4ccccc4-c4ccccc4-n4c5ccccc5c5ccccc54)cc3)c3cccc4ccccc34)cc2)cc1. The summed E-state index contributed by atoms with van der Waals surface area (Å²) in [6.07, 6.45) is 0. The van der Waals surface area contributed by atoms with Crippen LogP contribution in [0.4, 0.5) is 17.1 Å². The zero-order chi connectivity index (χ0) is 35.8. The number of hydrogen-bond donors (Lipinski definition) is 0. The van der Waals surface area contributed by atoms with Crippen molar-refractivity contribution < 1.29 is 0 Å². The molecule has 0 N–H and O–H groups in total. The van der Waals surface area contributed by atoms with Crippen LogP contribution in [0, 0.1) is 0 Å². The Kier molecular flexibility index (Phi) is 7.85. The molecule has 0 saturated carbocycles. The minimum absolute atomic E-state index is 1.10. The van der Waals surface area contributed by atoms with Crippen molar-refractivity contribution in [2.24, 2.45) is 0 Å². The minimum Gasteiger partial charge on any atom is -0.310 e. The summed E-state index contributed by atoms with van der Waals surface area (Å²) in [4.78, 5) is 2.38. The van der Waals surface area contributed by atoms with E-state index in [2.05, 4.69) is 228 Å². The average Bonchev–Trinajstić information content (AvgIpc) is 3.59. The molecule has 0 unspecified atom stereocenters. The summed E-state index contributed by atoms with van der Waals surface area (Å²) in [7, 11) is 0. The molecule has 0 amide bonds. The van der Waals surface area contributed by atoms with E-state index in [0.29, 0.717) is 0 Å². The first-order valence-electron chi connectivity index (χ1n) is 18.5. The number of rotatable bonds is 7. The zero-order valence-electron chi connectivity index (χ0n) is 29.7. The highest BCUT2D eigenvalue weighted by Gasteiger charge is 2.19. The second-order valence-electron chi connectivity index (χ2n) is 13.7. The summed E-state index contributed by atoms with van der Waals surface area (Å²) in [6, 6.07) is 78.8. The van der Waals surface area contributed by atoms with Crippen LogP contribution in [-0.4, -0.2) is 4.57 Å². The van der Waals surface area contributed by atoms with E-state index in [1.165, 1.54) is 71.6 Å². The normalized spacial score (nSPS) is 11.3. The first-order valence-corrected chi connectivity index (χ1v) is 18.5. The van der Waals surface area contributed by atoms with E-state index in [0.717, 1.165) is 17.1 Å². The molecule has 0 atom stereocenters. The van der Waals surface area contributed by atoms with Gasteiger partial charge in [-0.1, -0.05) is 170 Å². The first kappa shape index (κ1) is 31.6. The van der Waals surface area contributed by atoms with E-state index in [1.54, 1.807) is 0 Å². The number of aromatic nitrogens is 1. The van der Waals surface area contributed by atoms with Crippen LogP contribution in [0.2, 0.25) is 0 Å². The van der Waals surface area contributed by atoms with Crippen LogP contribution in [0.5, 0.6) is 0 Å². The molecule has 0 saturated heterocycles. The molecular formula is C52H36N2. The molecule has 0 fully saturated rings. The van der Waals surface area contributed by atoms with Gasteiger partial charge in [0.25, 0.3) is 0 Å². The number of anilines is 3. The largest absolute Gasteiger partial charge is 0.310 e. The molecule has 10 rings (SSSR count). The van der Waals surface area contributed by atoms with Gasteiger partial charge in [-0.2, -0.15) is 0 Å². The fourth-order valence-electron chi connectivity index (χ4n) is 8.10. The first-order chi connectivity index (χ1) is 26.8. The maximum Gasteiger partial charge on any atom is 0.0541 e. The Bertz CT molecular complexity index is 2860. The summed E-state index contributed by atoms with van der Waals surface area (Å²) < 4.78 is 2.42. The Morgan fingerprint density at radius 1 is 0.296 bits per heavy atom. The van der Waals surface area contributed by atoms with Crippen molar-refractivity contribution >= 4 is 49.6 Å². The van der Waals surface area contributed by atoms with Gasteiger partial charge in [0.05, 0.1) is 22.4 Å². The van der Waals surface area contributed by atoms with Gasteiger partial charge in [0.15, 0.2) is 0 Å². The van der Waals surface area contributed by atoms with Crippen LogP contribution < -0.4 is 4.90 Å². The molecule has 10 aromatic rings. The molecule has 0 aliphatic heterocycles. The molecule has 54 heavy (non-hydrogen) atoms. The van der Waals surface area contributed by atoms with Gasteiger partial charge >= 0.3 is 0 Å². The summed E-state index contributed by atoms with van der Waals surface area (Å²) >= 11 is 0. The lowest BCUT2D eigenvalue weighted by molar-refractivity contribution is 1.18. The van der Waals surface area contributed by atoms with Gasteiger partial charge in [-0.3, -0.25) is 0 Å². The monoisotopic (exact) mass is 688 g/mol. The third-order valence-electron chi connectivity index (χ3n) is 10.6. The van der Waals surface area contributed by atoms with Crippen molar-refractivity contribution in [3.63, 3.8) is 0 Å². The van der Waals surface area contributed by atoms with E-state index in [9.17, 15) is 0 Å². The number of nitrogens with zero attached hydrogens (tertiary/aromatic N) is 2. The van der Waals surface area contributed by atoms with Crippen LogP contribution in [0.25, 0.3) is 71.6 Å². The number of para-hydroxylation sites is 3. The van der Waals surface area contributed by atoms with Crippen LogP contribution in [0.3, 0.4) is 0 Å². The predicted octanol–water partition coefficient (Wildman–Crippen LogP) is 14.4.